The molecule has 0 amide bonds. The van der Waals surface area contributed by atoms with Gasteiger partial charge in [0.25, 0.3) is 0 Å². The van der Waals surface area contributed by atoms with Crippen molar-refractivity contribution in [3.8, 4) is 5.75 Å². The minimum Gasteiger partial charge on any atom is -0.496 e. The summed E-state index contributed by atoms with van der Waals surface area (Å²) in [6, 6.07) is 4.00. The van der Waals surface area contributed by atoms with Crippen LogP contribution in [0.15, 0.2) is 18.2 Å². The first kappa shape index (κ1) is 10.9. The van der Waals surface area contributed by atoms with E-state index in [0.29, 0.717) is 17.7 Å². The Labute approximate surface area is 82.3 Å². The molecule has 0 radical (unpaired) electrons. The third-order valence-corrected chi connectivity index (χ3v) is 2.04. The van der Waals surface area contributed by atoms with Gasteiger partial charge in [-0.15, -0.1) is 0 Å². The summed E-state index contributed by atoms with van der Waals surface area (Å²) in [6.07, 6.45) is 0.317. The maximum Gasteiger partial charge on any atom is 0.131 e. The maximum absolute atomic E-state index is 13.4. The SMILES string of the molecule is COc1cccc(F)c1[C@H](N)CCO. The second-order valence-electron chi connectivity index (χ2n) is 2.97. The minimum absolute atomic E-state index is 0.0708. The summed E-state index contributed by atoms with van der Waals surface area (Å²) < 4.78 is 18.4. The van der Waals surface area contributed by atoms with Gasteiger partial charge in [-0.3, -0.25) is 0 Å². The van der Waals surface area contributed by atoms with Crippen molar-refractivity contribution < 1.29 is 14.2 Å². The molecule has 0 aliphatic carbocycles. The second kappa shape index (κ2) is 4.93. The summed E-state index contributed by atoms with van der Waals surface area (Å²) >= 11 is 0. The molecule has 0 aromatic heterocycles. The number of rotatable bonds is 4. The van der Waals surface area contributed by atoms with Gasteiger partial charge in [0, 0.05) is 18.2 Å². The zero-order chi connectivity index (χ0) is 10.6. The fraction of sp³-hybridized carbons (Fsp3) is 0.400. The molecule has 0 saturated carbocycles. The van der Waals surface area contributed by atoms with E-state index in [4.69, 9.17) is 15.6 Å². The average Bonchev–Trinajstić information content (AvgIpc) is 2.17. The predicted molar refractivity (Wildman–Crippen MR) is 51.6 cm³/mol. The zero-order valence-electron chi connectivity index (χ0n) is 8.03. The van der Waals surface area contributed by atoms with E-state index >= 15 is 0 Å². The Kier molecular flexibility index (Phi) is 3.85. The number of methoxy groups -OCH3 is 1. The quantitative estimate of drug-likeness (QED) is 0.766. The van der Waals surface area contributed by atoms with Crippen LogP contribution in [0.3, 0.4) is 0 Å². The lowest BCUT2D eigenvalue weighted by Gasteiger charge is -2.15. The number of hydrogen-bond donors (Lipinski definition) is 2. The molecule has 1 aromatic carbocycles. The molecule has 78 valence electrons. The minimum atomic E-state index is -0.531. The Balaban J connectivity index is 3.03. The fourth-order valence-corrected chi connectivity index (χ4v) is 1.34. The van der Waals surface area contributed by atoms with Crippen molar-refractivity contribution in [3.05, 3.63) is 29.6 Å². The number of benzene rings is 1. The van der Waals surface area contributed by atoms with Crippen molar-refractivity contribution in [2.75, 3.05) is 13.7 Å². The van der Waals surface area contributed by atoms with Crippen molar-refractivity contribution in [2.45, 2.75) is 12.5 Å². The topological polar surface area (TPSA) is 55.5 Å². The van der Waals surface area contributed by atoms with Crippen LogP contribution in [-0.4, -0.2) is 18.8 Å². The number of aliphatic hydroxyl groups is 1. The highest BCUT2D eigenvalue weighted by atomic mass is 19.1. The summed E-state index contributed by atoms with van der Waals surface area (Å²) in [4.78, 5) is 0. The molecule has 0 unspecified atom stereocenters. The number of nitrogens with two attached hydrogens (primary N) is 1. The smallest absolute Gasteiger partial charge is 0.131 e. The molecule has 0 aliphatic heterocycles. The van der Waals surface area contributed by atoms with Crippen LogP contribution in [0.4, 0.5) is 4.39 Å². The van der Waals surface area contributed by atoms with E-state index in [2.05, 4.69) is 0 Å². The van der Waals surface area contributed by atoms with Crippen LogP contribution >= 0.6 is 0 Å². The number of ether oxygens (including phenoxy) is 1. The van der Waals surface area contributed by atoms with E-state index < -0.39 is 11.9 Å². The Hall–Kier alpha value is -1.13. The van der Waals surface area contributed by atoms with Crippen LogP contribution in [0.1, 0.15) is 18.0 Å². The Morgan fingerprint density at radius 3 is 2.86 bits per heavy atom. The highest BCUT2D eigenvalue weighted by Crippen LogP contribution is 2.27. The molecule has 1 rings (SSSR count). The first-order valence-electron chi connectivity index (χ1n) is 4.39. The molecule has 0 aliphatic rings. The van der Waals surface area contributed by atoms with Crippen molar-refractivity contribution in [1.29, 1.82) is 0 Å². The van der Waals surface area contributed by atoms with Crippen molar-refractivity contribution in [2.24, 2.45) is 5.73 Å². The van der Waals surface area contributed by atoms with E-state index in [1.54, 1.807) is 12.1 Å². The predicted octanol–water partition coefficient (Wildman–Crippen LogP) is 1.22. The van der Waals surface area contributed by atoms with E-state index in [1.807, 2.05) is 0 Å². The van der Waals surface area contributed by atoms with Gasteiger partial charge in [0.05, 0.1) is 7.11 Å². The van der Waals surface area contributed by atoms with Crippen LogP contribution in [0.2, 0.25) is 0 Å². The molecule has 0 heterocycles. The lowest BCUT2D eigenvalue weighted by atomic mass is 10.0. The Bertz CT molecular complexity index is 304. The van der Waals surface area contributed by atoms with Gasteiger partial charge in [-0.1, -0.05) is 6.07 Å². The zero-order valence-corrected chi connectivity index (χ0v) is 8.03. The third kappa shape index (κ3) is 2.21. The van der Waals surface area contributed by atoms with Crippen molar-refractivity contribution >= 4 is 0 Å². The number of halogens is 1. The average molecular weight is 199 g/mol. The van der Waals surface area contributed by atoms with E-state index in [-0.39, 0.29) is 6.61 Å². The van der Waals surface area contributed by atoms with E-state index in [1.165, 1.54) is 13.2 Å². The van der Waals surface area contributed by atoms with E-state index in [9.17, 15) is 4.39 Å². The van der Waals surface area contributed by atoms with Gasteiger partial charge < -0.3 is 15.6 Å². The van der Waals surface area contributed by atoms with Gasteiger partial charge in [-0.25, -0.2) is 4.39 Å². The normalized spacial score (nSPS) is 12.6. The lowest BCUT2D eigenvalue weighted by molar-refractivity contribution is 0.273. The van der Waals surface area contributed by atoms with Gasteiger partial charge >= 0.3 is 0 Å². The molecule has 3 N–H and O–H groups in total. The van der Waals surface area contributed by atoms with Crippen LogP contribution in [0.5, 0.6) is 5.75 Å². The lowest BCUT2D eigenvalue weighted by Crippen LogP contribution is -2.14. The fourth-order valence-electron chi connectivity index (χ4n) is 1.34. The number of hydrogen-bond acceptors (Lipinski definition) is 3. The second-order valence-corrected chi connectivity index (χ2v) is 2.97. The highest BCUT2D eigenvalue weighted by molar-refractivity contribution is 5.36. The van der Waals surface area contributed by atoms with Crippen LogP contribution < -0.4 is 10.5 Å². The van der Waals surface area contributed by atoms with Crippen molar-refractivity contribution in [1.82, 2.24) is 0 Å². The molecule has 1 atom stereocenters. The van der Waals surface area contributed by atoms with Gasteiger partial charge in [0.15, 0.2) is 0 Å². The Morgan fingerprint density at radius 2 is 2.29 bits per heavy atom. The van der Waals surface area contributed by atoms with Crippen molar-refractivity contribution in [3.63, 3.8) is 0 Å². The summed E-state index contributed by atoms with van der Waals surface area (Å²) in [5.74, 6) is 0.0243. The van der Waals surface area contributed by atoms with Crippen LogP contribution in [-0.2, 0) is 0 Å². The summed E-state index contributed by atoms with van der Waals surface area (Å²) in [6.45, 7) is -0.0708. The largest absolute Gasteiger partial charge is 0.496 e. The van der Waals surface area contributed by atoms with Gasteiger partial charge in [-0.2, -0.15) is 0 Å². The molecule has 0 saturated heterocycles. The molecule has 1 aromatic rings. The van der Waals surface area contributed by atoms with Crippen LogP contribution in [0, 0.1) is 5.82 Å². The highest BCUT2D eigenvalue weighted by Gasteiger charge is 2.15. The molecule has 4 heteroatoms. The Morgan fingerprint density at radius 1 is 1.57 bits per heavy atom. The first-order valence-corrected chi connectivity index (χ1v) is 4.39. The monoisotopic (exact) mass is 199 g/mol. The van der Waals surface area contributed by atoms with Gasteiger partial charge in [0.2, 0.25) is 0 Å². The molecule has 0 bridgehead atoms. The molecular formula is C10H14FNO2. The molecular weight excluding hydrogens is 185 g/mol. The van der Waals surface area contributed by atoms with Crippen LogP contribution in [0.25, 0.3) is 0 Å². The first-order chi connectivity index (χ1) is 6.70. The summed E-state index contributed by atoms with van der Waals surface area (Å²) in [5.41, 5.74) is 6.03. The standard InChI is InChI=1S/C10H14FNO2/c1-14-9-4-2-3-7(11)10(9)8(12)5-6-13/h2-4,8,13H,5-6,12H2,1H3/t8-/m1/s1. The molecule has 14 heavy (non-hydrogen) atoms. The summed E-state index contributed by atoms with van der Waals surface area (Å²) in [5, 5.41) is 8.71. The molecule has 3 nitrogen and oxygen atoms in total. The number of aliphatic hydroxyl groups excluding tert-OH is 1. The third-order valence-electron chi connectivity index (χ3n) is 2.04. The molecule has 0 spiro atoms. The van der Waals surface area contributed by atoms with Gasteiger partial charge in [-0.05, 0) is 18.6 Å². The summed E-state index contributed by atoms with van der Waals surface area (Å²) in [7, 11) is 1.46. The van der Waals surface area contributed by atoms with E-state index in [0.717, 1.165) is 0 Å². The van der Waals surface area contributed by atoms with Gasteiger partial charge in [0.1, 0.15) is 11.6 Å². The maximum atomic E-state index is 13.4. The molecule has 0 fully saturated rings.